The Morgan fingerprint density at radius 3 is 3.00 bits per heavy atom. The van der Waals surface area contributed by atoms with Crippen LogP contribution >= 0.6 is 0 Å². The zero-order valence-corrected chi connectivity index (χ0v) is 11.5. The van der Waals surface area contributed by atoms with E-state index in [4.69, 9.17) is 9.72 Å². The first-order valence-electron chi connectivity index (χ1n) is 6.76. The number of benzene rings is 1. The molecular formula is C14H20N4O. The van der Waals surface area contributed by atoms with Crippen LogP contribution < -0.4 is 15.0 Å². The van der Waals surface area contributed by atoms with Crippen molar-refractivity contribution in [3.05, 3.63) is 18.2 Å². The van der Waals surface area contributed by atoms with Crippen molar-refractivity contribution >= 4 is 17.0 Å². The van der Waals surface area contributed by atoms with Crippen molar-refractivity contribution in [2.75, 3.05) is 38.2 Å². The first-order chi connectivity index (χ1) is 9.31. The second-order valence-electron chi connectivity index (χ2n) is 4.89. The van der Waals surface area contributed by atoms with Gasteiger partial charge in [-0.2, -0.15) is 0 Å². The second-order valence-corrected chi connectivity index (χ2v) is 4.89. The molecule has 2 heterocycles. The molecule has 102 valence electrons. The molecule has 0 unspecified atom stereocenters. The van der Waals surface area contributed by atoms with Gasteiger partial charge in [0.2, 0.25) is 5.95 Å². The number of rotatable bonds is 2. The number of hydrogen-bond donors (Lipinski definition) is 1. The Morgan fingerprint density at radius 1 is 1.26 bits per heavy atom. The molecule has 1 aliphatic heterocycles. The van der Waals surface area contributed by atoms with Gasteiger partial charge in [0.1, 0.15) is 11.3 Å². The van der Waals surface area contributed by atoms with E-state index in [1.165, 1.54) is 0 Å². The standard InChI is InChI=1S/C14H20N4O/c1-17-13-11(5-3-6-12(13)19-2)16-14(17)18-9-4-7-15-8-10-18/h3,5-6,15H,4,7-10H2,1-2H3. The van der Waals surface area contributed by atoms with Gasteiger partial charge in [0, 0.05) is 26.7 Å². The number of nitrogens with zero attached hydrogens (tertiary/aromatic N) is 3. The fourth-order valence-electron chi connectivity index (χ4n) is 2.71. The van der Waals surface area contributed by atoms with Crippen LogP contribution in [0.2, 0.25) is 0 Å². The molecule has 0 amide bonds. The van der Waals surface area contributed by atoms with Crippen molar-refractivity contribution in [2.24, 2.45) is 7.05 Å². The molecule has 0 saturated carbocycles. The summed E-state index contributed by atoms with van der Waals surface area (Å²) in [4.78, 5) is 7.11. The van der Waals surface area contributed by atoms with Gasteiger partial charge in [-0.25, -0.2) is 4.98 Å². The third-order valence-corrected chi connectivity index (χ3v) is 3.68. The third kappa shape index (κ3) is 2.14. The molecule has 0 aliphatic carbocycles. The Hall–Kier alpha value is -1.75. The van der Waals surface area contributed by atoms with Crippen LogP contribution in [0.4, 0.5) is 5.95 Å². The Balaban J connectivity index is 2.06. The van der Waals surface area contributed by atoms with Crippen LogP contribution in [-0.4, -0.2) is 42.8 Å². The molecule has 1 aliphatic rings. The van der Waals surface area contributed by atoms with E-state index in [0.29, 0.717) is 0 Å². The maximum absolute atomic E-state index is 5.44. The van der Waals surface area contributed by atoms with E-state index in [0.717, 1.165) is 55.3 Å². The number of para-hydroxylation sites is 1. The summed E-state index contributed by atoms with van der Waals surface area (Å²) in [5, 5.41) is 3.42. The number of anilines is 1. The first-order valence-corrected chi connectivity index (χ1v) is 6.76. The Bertz CT molecular complexity index is 570. The number of aromatic nitrogens is 2. The normalized spacial score (nSPS) is 16.6. The van der Waals surface area contributed by atoms with Crippen molar-refractivity contribution in [1.29, 1.82) is 0 Å². The molecule has 1 saturated heterocycles. The van der Waals surface area contributed by atoms with Crippen molar-refractivity contribution in [3.8, 4) is 5.75 Å². The smallest absolute Gasteiger partial charge is 0.206 e. The van der Waals surface area contributed by atoms with Crippen molar-refractivity contribution < 1.29 is 4.74 Å². The van der Waals surface area contributed by atoms with E-state index in [1.54, 1.807) is 7.11 Å². The van der Waals surface area contributed by atoms with E-state index in [1.807, 2.05) is 18.2 Å². The lowest BCUT2D eigenvalue weighted by Crippen LogP contribution is -2.29. The molecule has 1 aromatic carbocycles. The molecule has 5 nitrogen and oxygen atoms in total. The van der Waals surface area contributed by atoms with Crippen LogP contribution in [0.3, 0.4) is 0 Å². The van der Waals surface area contributed by atoms with Crippen molar-refractivity contribution in [1.82, 2.24) is 14.9 Å². The average molecular weight is 260 g/mol. The molecule has 19 heavy (non-hydrogen) atoms. The van der Waals surface area contributed by atoms with Crippen molar-refractivity contribution in [2.45, 2.75) is 6.42 Å². The van der Waals surface area contributed by atoms with Crippen LogP contribution in [0.25, 0.3) is 11.0 Å². The SMILES string of the molecule is COc1cccc2nc(N3CCCNCC3)n(C)c12. The number of imidazole rings is 1. The first kappa shape index (κ1) is 12.3. The molecule has 5 heteroatoms. The Morgan fingerprint density at radius 2 is 2.16 bits per heavy atom. The number of methoxy groups -OCH3 is 1. The topological polar surface area (TPSA) is 42.3 Å². The molecule has 0 bridgehead atoms. The van der Waals surface area contributed by atoms with E-state index in [2.05, 4.69) is 21.8 Å². The van der Waals surface area contributed by atoms with E-state index >= 15 is 0 Å². The van der Waals surface area contributed by atoms with Gasteiger partial charge in [0.05, 0.1) is 12.6 Å². The fraction of sp³-hybridized carbons (Fsp3) is 0.500. The maximum Gasteiger partial charge on any atom is 0.206 e. The quantitative estimate of drug-likeness (QED) is 0.886. The lowest BCUT2D eigenvalue weighted by molar-refractivity contribution is 0.418. The number of aryl methyl sites for hydroxylation is 1. The molecule has 2 aromatic rings. The molecular weight excluding hydrogens is 240 g/mol. The summed E-state index contributed by atoms with van der Waals surface area (Å²) in [5.74, 6) is 1.91. The summed E-state index contributed by atoms with van der Waals surface area (Å²) in [6.45, 7) is 4.15. The molecule has 0 spiro atoms. The molecule has 1 N–H and O–H groups in total. The molecule has 3 rings (SSSR count). The highest BCUT2D eigenvalue weighted by atomic mass is 16.5. The van der Waals surface area contributed by atoms with Crippen LogP contribution in [-0.2, 0) is 7.05 Å². The zero-order chi connectivity index (χ0) is 13.2. The minimum absolute atomic E-state index is 0.881. The fourth-order valence-corrected chi connectivity index (χ4v) is 2.71. The Kier molecular flexibility index (Phi) is 3.29. The van der Waals surface area contributed by atoms with Gasteiger partial charge in [0.25, 0.3) is 0 Å². The number of hydrogen-bond acceptors (Lipinski definition) is 4. The number of fused-ring (bicyclic) bond motifs is 1. The van der Waals surface area contributed by atoms with Crippen molar-refractivity contribution in [3.63, 3.8) is 0 Å². The number of nitrogens with one attached hydrogen (secondary N) is 1. The van der Waals surface area contributed by atoms with Gasteiger partial charge in [-0.3, -0.25) is 0 Å². The molecule has 0 radical (unpaired) electrons. The second kappa shape index (κ2) is 5.09. The van der Waals surface area contributed by atoms with Gasteiger partial charge in [-0.05, 0) is 25.1 Å². The third-order valence-electron chi connectivity index (χ3n) is 3.68. The molecule has 1 aromatic heterocycles. The monoisotopic (exact) mass is 260 g/mol. The van der Waals surface area contributed by atoms with Crippen LogP contribution in [0.5, 0.6) is 5.75 Å². The van der Waals surface area contributed by atoms with Crippen LogP contribution in [0.15, 0.2) is 18.2 Å². The van der Waals surface area contributed by atoms with E-state index in [9.17, 15) is 0 Å². The zero-order valence-electron chi connectivity index (χ0n) is 11.5. The summed E-state index contributed by atoms with van der Waals surface area (Å²) < 4.78 is 7.58. The summed E-state index contributed by atoms with van der Waals surface area (Å²) >= 11 is 0. The largest absolute Gasteiger partial charge is 0.494 e. The minimum atomic E-state index is 0.881. The average Bonchev–Trinajstić information content (AvgIpc) is 2.65. The lowest BCUT2D eigenvalue weighted by atomic mass is 10.3. The number of ether oxygens (including phenoxy) is 1. The van der Waals surface area contributed by atoms with Gasteiger partial charge in [0.15, 0.2) is 0 Å². The summed E-state index contributed by atoms with van der Waals surface area (Å²) in [7, 11) is 3.77. The Labute approximate surface area is 113 Å². The highest BCUT2D eigenvalue weighted by Crippen LogP contribution is 2.29. The van der Waals surface area contributed by atoms with Gasteiger partial charge in [-0.15, -0.1) is 0 Å². The summed E-state index contributed by atoms with van der Waals surface area (Å²) in [5.41, 5.74) is 2.06. The van der Waals surface area contributed by atoms with Gasteiger partial charge < -0.3 is 19.5 Å². The molecule has 1 fully saturated rings. The maximum atomic E-state index is 5.44. The van der Waals surface area contributed by atoms with Crippen LogP contribution in [0.1, 0.15) is 6.42 Å². The highest BCUT2D eigenvalue weighted by Gasteiger charge is 2.18. The van der Waals surface area contributed by atoms with Gasteiger partial charge in [-0.1, -0.05) is 6.07 Å². The van der Waals surface area contributed by atoms with Gasteiger partial charge >= 0.3 is 0 Å². The van der Waals surface area contributed by atoms with Crippen LogP contribution in [0, 0.1) is 0 Å². The molecule has 0 atom stereocenters. The lowest BCUT2D eigenvalue weighted by Gasteiger charge is -2.21. The summed E-state index contributed by atoms with van der Waals surface area (Å²) in [6.07, 6.45) is 1.15. The van der Waals surface area contributed by atoms with E-state index in [-0.39, 0.29) is 0 Å². The van der Waals surface area contributed by atoms with E-state index < -0.39 is 0 Å². The predicted molar refractivity (Wildman–Crippen MR) is 77.0 cm³/mol. The highest BCUT2D eigenvalue weighted by molar-refractivity contribution is 5.84. The summed E-state index contributed by atoms with van der Waals surface area (Å²) in [6, 6.07) is 6.01. The minimum Gasteiger partial charge on any atom is -0.494 e. The predicted octanol–water partition coefficient (Wildman–Crippen LogP) is 1.38.